The highest BCUT2D eigenvalue weighted by Gasteiger charge is 2.21. The fraction of sp³-hybridized carbons (Fsp3) is 0.385. The molecule has 0 heterocycles. The Kier molecular flexibility index (Phi) is 4.44. The van der Waals surface area contributed by atoms with Gasteiger partial charge in [-0.3, -0.25) is 9.59 Å². The summed E-state index contributed by atoms with van der Waals surface area (Å²) in [7, 11) is 1.64. The Morgan fingerprint density at radius 1 is 1.22 bits per heavy atom. The molecule has 5 heteroatoms. The average Bonchev–Trinajstić information content (AvgIpc) is 2.24. The first-order chi connectivity index (χ1) is 8.31. The second-order valence-electron chi connectivity index (χ2n) is 4.52. The van der Waals surface area contributed by atoms with E-state index in [9.17, 15) is 9.59 Å². The minimum atomic E-state index is -0.895. The highest BCUT2D eigenvalue weighted by Crippen LogP contribution is 2.18. The zero-order valence-electron chi connectivity index (χ0n) is 10.9. The first-order valence-electron chi connectivity index (χ1n) is 5.71. The lowest BCUT2D eigenvalue weighted by molar-refractivity contribution is -0.124. The summed E-state index contributed by atoms with van der Waals surface area (Å²) in [4.78, 5) is 24.2. The van der Waals surface area contributed by atoms with Crippen molar-refractivity contribution in [3.63, 3.8) is 0 Å². The van der Waals surface area contributed by atoms with Crippen LogP contribution >= 0.6 is 0 Å². The van der Waals surface area contributed by atoms with E-state index < -0.39 is 11.9 Å². The molecule has 0 radical (unpaired) electrons. The van der Waals surface area contributed by atoms with Crippen molar-refractivity contribution >= 4 is 17.5 Å². The fourth-order valence-corrected chi connectivity index (χ4v) is 1.82. The second kappa shape index (κ2) is 5.64. The van der Waals surface area contributed by atoms with E-state index in [1.807, 2.05) is 32.0 Å². The number of hydrogen-bond acceptors (Lipinski definition) is 3. The first-order valence-corrected chi connectivity index (χ1v) is 5.71. The van der Waals surface area contributed by atoms with Crippen LogP contribution in [0.3, 0.4) is 0 Å². The smallest absolute Gasteiger partial charge is 0.244 e. The predicted octanol–water partition coefficient (Wildman–Crippen LogP) is 0.469. The van der Waals surface area contributed by atoms with E-state index in [1.165, 1.54) is 4.90 Å². The SMILES string of the molecule is Cc1cc(C)cc(N(C)C(=O)C(N)CC(N)=O)c1. The summed E-state index contributed by atoms with van der Waals surface area (Å²) < 4.78 is 0. The van der Waals surface area contributed by atoms with Crippen molar-refractivity contribution in [3.05, 3.63) is 29.3 Å². The van der Waals surface area contributed by atoms with Crippen molar-refractivity contribution in [2.24, 2.45) is 11.5 Å². The lowest BCUT2D eigenvalue weighted by Gasteiger charge is -2.21. The fourth-order valence-electron chi connectivity index (χ4n) is 1.82. The third-order valence-corrected chi connectivity index (χ3v) is 2.66. The van der Waals surface area contributed by atoms with Crippen LogP contribution in [0, 0.1) is 13.8 Å². The number of anilines is 1. The van der Waals surface area contributed by atoms with E-state index >= 15 is 0 Å². The number of hydrogen-bond donors (Lipinski definition) is 2. The largest absolute Gasteiger partial charge is 0.370 e. The standard InChI is InChI=1S/C13H19N3O2/c1-8-4-9(2)6-10(5-8)16(3)13(18)11(14)7-12(15)17/h4-6,11H,7,14H2,1-3H3,(H2,15,17). The maximum Gasteiger partial charge on any atom is 0.244 e. The molecule has 0 bridgehead atoms. The number of nitrogens with two attached hydrogens (primary N) is 2. The normalized spacial score (nSPS) is 12.0. The molecule has 0 fully saturated rings. The molecule has 0 aromatic heterocycles. The van der Waals surface area contributed by atoms with Crippen molar-refractivity contribution in [1.29, 1.82) is 0 Å². The monoisotopic (exact) mass is 249 g/mol. The van der Waals surface area contributed by atoms with E-state index in [-0.39, 0.29) is 12.3 Å². The zero-order valence-corrected chi connectivity index (χ0v) is 10.9. The molecule has 1 rings (SSSR count). The molecule has 0 aliphatic rings. The van der Waals surface area contributed by atoms with Crippen LogP contribution in [0.25, 0.3) is 0 Å². The molecule has 5 nitrogen and oxygen atoms in total. The van der Waals surface area contributed by atoms with Gasteiger partial charge in [0.05, 0.1) is 12.5 Å². The molecule has 2 amide bonds. The van der Waals surface area contributed by atoms with E-state index in [0.29, 0.717) is 0 Å². The summed E-state index contributed by atoms with van der Waals surface area (Å²) in [5.41, 5.74) is 13.6. The van der Waals surface area contributed by atoms with Crippen molar-refractivity contribution < 1.29 is 9.59 Å². The van der Waals surface area contributed by atoms with Crippen LogP contribution in [0.4, 0.5) is 5.69 Å². The molecule has 98 valence electrons. The van der Waals surface area contributed by atoms with Crippen LogP contribution in [0.15, 0.2) is 18.2 Å². The zero-order chi connectivity index (χ0) is 13.9. The lowest BCUT2D eigenvalue weighted by atomic mass is 10.1. The molecule has 1 aromatic rings. The summed E-state index contributed by atoms with van der Waals surface area (Å²) in [6.07, 6.45) is -0.145. The molecule has 18 heavy (non-hydrogen) atoms. The minimum Gasteiger partial charge on any atom is -0.370 e. The van der Waals surface area contributed by atoms with Gasteiger partial charge in [-0.05, 0) is 37.1 Å². The van der Waals surface area contributed by atoms with Crippen LogP contribution in [0.5, 0.6) is 0 Å². The second-order valence-corrected chi connectivity index (χ2v) is 4.52. The van der Waals surface area contributed by atoms with Gasteiger partial charge in [-0.2, -0.15) is 0 Å². The van der Waals surface area contributed by atoms with Crippen LogP contribution in [-0.4, -0.2) is 24.9 Å². The van der Waals surface area contributed by atoms with Gasteiger partial charge in [0, 0.05) is 12.7 Å². The molecular formula is C13H19N3O2. The number of primary amides is 1. The third kappa shape index (κ3) is 3.56. The lowest BCUT2D eigenvalue weighted by Crippen LogP contribution is -2.44. The quantitative estimate of drug-likeness (QED) is 0.812. The topological polar surface area (TPSA) is 89.4 Å². The highest BCUT2D eigenvalue weighted by atomic mass is 16.2. The van der Waals surface area contributed by atoms with Gasteiger partial charge in [-0.15, -0.1) is 0 Å². The van der Waals surface area contributed by atoms with Gasteiger partial charge in [0.2, 0.25) is 11.8 Å². The molecule has 1 aromatic carbocycles. The Bertz CT molecular complexity index is 451. The number of carbonyl (C=O) groups is 2. The molecule has 0 saturated heterocycles. The summed E-state index contributed by atoms with van der Waals surface area (Å²) in [5.74, 6) is -0.900. The predicted molar refractivity (Wildman–Crippen MR) is 71.1 cm³/mol. The van der Waals surface area contributed by atoms with Crippen LogP contribution in [-0.2, 0) is 9.59 Å². The number of aryl methyl sites for hydroxylation is 2. The van der Waals surface area contributed by atoms with Crippen molar-refractivity contribution in [1.82, 2.24) is 0 Å². The molecule has 1 atom stereocenters. The number of likely N-dealkylation sites (N-methyl/N-ethyl adjacent to an activating group) is 1. The van der Waals surface area contributed by atoms with E-state index in [1.54, 1.807) is 7.05 Å². The Labute approximate surface area is 107 Å². The number of nitrogens with zero attached hydrogens (tertiary/aromatic N) is 1. The van der Waals surface area contributed by atoms with Crippen molar-refractivity contribution in [3.8, 4) is 0 Å². The summed E-state index contributed by atoms with van der Waals surface area (Å²) in [6.45, 7) is 3.91. The number of amides is 2. The first kappa shape index (κ1) is 14.2. The Hall–Kier alpha value is -1.88. The van der Waals surface area contributed by atoms with E-state index in [0.717, 1.165) is 16.8 Å². The molecule has 0 spiro atoms. The molecule has 0 aliphatic carbocycles. The van der Waals surface area contributed by atoms with Crippen molar-refractivity contribution in [2.75, 3.05) is 11.9 Å². The van der Waals surface area contributed by atoms with E-state index in [4.69, 9.17) is 11.5 Å². The van der Waals surface area contributed by atoms with Gasteiger partial charge in [-0.25, -0.2) is 0 Å². The minimum absolute atomic E-state index is 0.145. The third-order valence-electron chi connectivity index (χ3n) is 2.66. The van der Waals surface area contributed by atoms with Crippen LogP contribution in [0.2, 0.25) is 0 Å². The Morgan fingerprint density at radius 2 is 1.72 bits per heavy atom. The molecule has 4 N–H and O–H groups in total. The van der Waals surface area contributed by atoms with Gasteiger partial charge < -0.3 is 16.4 Å². The summed E-state index contributed by atoms with van der Waals surface area (Å²) >= 11 is 0. The Balaban J connectivity index is 2.89. The summed E-state index contributed by atoms with van der Waals surface area (Å²) in [6, 6.07) is 4.91. The number of benzene rings is 1. The molecule has 0 saturated carbocycles. The van der Waals surface area contributed by atoms with Gasteiger partial charge in [0.1, 0.15) is 0 Å². The van der Waals surface area contributed by atoms with Gasteiger partial charge >= 0.3 is 0 Å². The van der Waals surface area contributed by atoms with Crippen LogP contribution in [0.1, 0.15) is 17.5 Å². The Morgan fingerprint density at radius 3 is 2.17 bits per heavy atom. The maximum atomic E-state index is 12.0. The molecule has 0 aliphatic heterocycles. The number of carbonyl (C=O) groups excluding carboxylic acids is 2. The number of rotatable bonds is 4. The van der Waals surface area contributed by atoms with Gasteiger partial charge in [-0.1, -0.05) is 6.07 Å². The maximum absolute atomic E-state index is 12.0. The molecule has 1 unspecified atom stereocenters. The van der Waals surface area contributed by atoms with E-state index in [2.05, 4.69) is 0 Å². The highest BCUT2D eigenvalue weighted by molar-refractivity contribution is 5.98. The summed E-state index contributed by atoms with van der Waals surface area (Å²) in [5, 5.41) is 0. The molecular weight excluding hydrogens is 230 g/mol. The average molecular weight is 249 g/mol. The van der Waals surface area contributed by atoms with Gasteiger partial charge in [0.25, 0.3) is 0 Å². The van der Waals surface area contributed by atoms with Gasteiger partial charge in [0.15, 0.2) is 0 Å². The van der Waals surface area contributed by atoms with Crippen LogP contribution < -0.4 is 16.4 Å². The van der Waals surface area contributed by atoms with Crippen molar-refractivity contribution in [2.45, 2.75) is 26.3 Å².